The first-order chi connectivity index (χ1) is 11.1. The number of pyridine rings is 1. The Morgan fingerprint density at radius 1 is 1.09 bits per heavy atom. The molecule has 0 saturated heterocycles. The van der Waals surface area contributed by atoms with E-state index in [-0.39, 0.29) is 0 Å². The van der Waals surface area contributed by atoms with Crippen molar-refractivity contribution in [3.05, 3.63) is 94.8 Å². The van der Waals surface area contributed by atoms with Crippen LogP contribution in [0, 0.1) is 6.92 Å². The maximum absolute atomic E-state index is 4.43. The Morgan fingerprint density at radius 3 is 2.52 bits per heavy atom. The highest BCUT2D eigenvalue weighted by Gasteiger charge is 2.07. The molecule has 3 aromatic rings. The highest BCUT2D eigenvalue weighted by Crippen LogP contribution is 2.27. The smallest absolute Gasteiger partial charge is 0.0704 e. The SMILES string of the molecule is C=C(Cc1cccs1)C(=C)c1ccc(-c2cc(C)ccn2)cc1. The zero-order valence-electron chi connectivity index (χ0n) is 13.3. The van der Waals surface area contributed by atoms with Gasteiger partial charge in [0.2, 0.25) is 0 Å². The summed E-state index contributed by atoms with van der Waals surface area (Å²) in [5.74, 6) is 0. The minimum Gasteiger partial charge on any atom is -0.256 e. The lowest BCUT2D eigenvalue weighted by molar-refractivity contribution is 1.27. The van der Waals surface area contributed by atoms with Gasteiger partial charge in [-0.1, -0.05) is 43.5 Å². The van der Waals surface area contributed by atoms with Crippen LogP contribution in [0.5, 0.6) is 0 Å². The number of benzene rings is 1. The van der Waals surface area contributed by atoms with Crippen molar-refractivity contribution in [3.63, 3.8) is 0 Å². The summed E-state index contributed by atoms with van der Waals surface area (Å²) < 4.78 is 0. The van der Waals surface area contributed by atoms with Crippen molar-refractivity contribution in [2.45, 2.75) is 13.3 Å². The summed E-state index contributed by atoms with van der Waals surface area (Å²) in [4.78, 5) is 5.75. The predicted molar refractivity (Wildman–Crippen MR) is 101 cm³/mol. The number of rotatable bonds is 5. The molecule has 2 heteroatoms. The van der Waals surface area contributed by atoms with Gasteiger partial charge in [-0.15, -0.1) is 11.3 Å². The van der Waals surface area contributed by atoms with Crippen LogP contribution in [-0.4, -0.2) is 4.98 Å². The second-order valence-electron chi connectivity index (χ2n) is 5.63. The normalized spacial score (nSPS) is 10.5. The lowest BCUT2D eigenvalue weighted by atomic mass is 9.96. The van der Waals surface area contributed by atoms with E-state index >= 15 is 0 Å². The Labute approximate surface area is 141 Å². The summed E-state index contributed by atoms with van der Waals surface area (Å²) >= 11 is 1.75. The van der Waals surface area contributed by atoms with Gasteiger partial charge < -0.3 is 0 Å². The van der Waals surface area contributed by atoms with Crippen LogP contribution in [0.2, 0.25) is 0 Å². The molecular weight excluding hydrogens is 298 g/mol. The lowest BCUT2D eigenvalue weighted by Crippen LogP contribution is -1.91. The second kappa shape index (κ2) is 6.76. The van der Waals surface area contributed by atoms with Crippen LogP contribution in [0.3, 0.4) is 0 Å². The molecule has 3 rings (SSSR count). The van der Waals surface area contributed by atoms with Gasteiger partial charge in [0.15, 0.2) is 0 Å². The molecule has 0 aliphatic heterocycles. The average molecular weight is 317 g/mol. The molecule has 0 fully saturated rings. The molecule has 0 aliphatic carbocycles. The van der Waals surface area contributed by atoms with Crippen LogP contribution >= 0.6 is 11.3 Å². The molecule has 2 aromatic heterocycles. The summed E-state index contributed by atoms with van der Waals surface area (Å²) in [5, 5.41) is 2.09. The van der Waals surface area contributed by atoms with Gasteiger partial charge in [-0.05, 0) is 52.8 Å². The molecule has 0 saturated carbocycles. The van der Waals surface area contributed by atoms with Gasteiger partial charge in [-0.3, -0.25) is 4.98 Å². The number of aryl methyl sites for hydroxylation is 1. The van der Waals surface area contributed by atoms with Crippen LogP contribution < -0.4 is 0 Å². The van der Waals surface area contributed by atoms with Crippen molar-refractivity contribution in [1.29, 1.82) is 0 Å². The van der Waals surface area contributed by atoms with E-state index in [1.165, 1.54) is 10.4 Å². The fourth-order valence-electron chi connectivity index (χ4n) is 2.47. The quantitative estimate of drug-likeness (QED) is 0.531. The summed E-state index contributed by atoms with van der Waals surface area (Å²) in [6, 6.07) is 16.7. The first-order valence-corrected chi connectivity index (χ1v) is 8.44. The molecule has 0 spiro atoms. The van der Waals surface area contributed by atoms with Crippen molar-refractivity contribution in [1.82, 2.24) is 4.98 Å². The molecule has 114 valence electrons. The highest BCUT2D eigenvalue weighted by atomic mass is 32.1. The number of thiophene rings is 1. The molecule has 0 unspecified atom stereocenters. The average Bonchev–Trinajstić information content (AvgIpc) is 3.07. The standard InChI is InChI=1S/C21H19NS/c1-15-10-11-22-21(13-15)19-8-6-18(7-9-19)17(3)16(2)14-20-5-4-12-23-20/h4-13H,2-3,14H2,1H3. The molecule has 0 aliphatic rings. The summed E-state index contributed by atoms with van der Waals surface area (Å²) in [6.07, 6.45) is 2.71. The molecule has 0 N–H and O–H groups in total. The topological polar surface area (TPSA) is 12.9 Å². The van der Waals surface area contributed by atoms with Crippen molar-refractivity contribution in [2.75, 3.05) is 0 Å². The van der Waals surface area contributed by atoms with E-state index in [2.05, 4.69) is 72.9 Å². The van der Waals surface area contributed by atoms with Crippen molar-refractivity contribution in [2.24, 2.45) is 0 Å². The van der Waals surface area contributed by atoms with Gasteiger partial charge in [0, 0.05) is 23.1 Å². The highest BCUT2D eigenvalue weighted by molar-refractivity contribution is 7.09. The second-order valence-corrected chi connectivity index (χ2v) is 6.67. The van der Waals surface area contributed by atoms with Crippen molar-refractivity contribution < 1.29 is 0 Å². The number of hydrogen-bond donors (Lipinski definition) is 0. The molecule has 1 nitrogen and oxygen atoms in total. The third-order valence-electron chi connectivity index (χ3n) is 3.84. The van der Waals surface area contributed by atoms with Crippen LogP contribution in [0.25, 0.3) is 16.8 Å². The predicted octanol–water partition coefficient (Wildman–Crippen LogP) is 5.93. The molecule has 0 atom stereocenters. The van der Waals surface area contributed by atoms with Crippen molar-refractivity contribution in [3.8, 4) is 11.3 Å². The van der Waals surface area contributed by atoms with E-state index in [1.807, 2.05) is 12.3 Å². The molecule has 0 bridgehead atoms. The van der Waals surface area contributed by atoms with E-state index in [4.69, 9.17) is 0 Å². The zero-order chi connectivity index (χ0) is 16.2. The Hall–Kier alpha value is -2.45. The zero-order valence-corrected chi connectivity index (χ0v) is 14.1. The minimum absolute atomic E-state index is 0.859. The number of aromatic nitrogens is 1. The van der Waals surface area contributed by atoms with Gasteiger partial charge in [0.05, 0.1) is 5.69 Å². The third-order valence-corrected chi connectivity index (χ3v) is 4.72. The maximum Gasteiger partial charge on any atom is 0.0704 e. The first kappa shape index (κ1) is 15.4. The van der Waals surface area contributed by atoms with Gasteiger partial charge in [0.1, 0.15) is 0 Å². The van der Waals surface area contributed by atoms with E-state index in [0.29, 0.717) is 0 Å². The third kappa shape index (κ3) is 3.66. The Morgan fingerprint density at radius 2 is 1.87 bits per heavy atom. The lowest BCUT2D eigenvalue weighted by Gasteiger charge is -2.10. The fourth-order valence-corrected chi connectivity index (χ4v) is 3.22. The largest absolute Gasteiger partial charge is 0.256 e. The summed E-state index contributed by atoms with van der Waals surface area (Å²) in [6.45, 7) is 10.5. The fraction of sp³-hybridized carbons (Fsp3) is 0.0952. The Kier molecular flexibility index (Phi) is 4.54. The van der Waals surface area contributed by atoms with Crippen LogP contribution in [0.15, 0.2) is 78.8 Å². The Balaban J connectivity index is 1.76. The first-order valence-electron chi connectivity index (χ1n) is 7.56. The van der Waals surface area contributed by atoms with Crippen LogP contribution in [0.4, 0.5) is 0 Å². The van der Waals surface area contributed by atoms with Crippen LogP contribution in [-0.2, 0) is 6.42 Å². The van der Waals surface area contributed by atoms with Crippen molar-refractivity contribution >= 4 is 16.9 Å². The molecule has 0 amide bonds. The molecule has 1 aromatic carbocycles. The molecule has 2 heterocycles. The monoisotopic (exact) mass is 317 g/mol. The number of hydrogen-bond acceptors (Lipinski definition) is 2. The molecular formula is C21H19NS. The van der Waals surface area contributed by atoms with Gasteiger partial charge >= 0.3 is 0 Å². The van der Waals surface area contributed by atoms with E-state index in [1.54, 1.807) is 11.3 Å². The maximum atomic E-state index is 4.43. The van der Waals surface area contributed by atoms with E-state index in [9.17, 15) is 0 Å². The molecule has 23 heavy (non-hydrogen) atoms. The van der Waals surface area contributed by atoms with Crippen LogP contribution in [0.1, 0.15) is 16.0 Å². The Bertz CT molecular complexity index is 827. The van der Waals surface area contributed by atoms with E-state index < -0.39 is 0 Å². The number of allylic oxidation sites excluding steroid dienone is 2. The number of nitrogens with zero attached hydrogens (tertiary/aromatic N) is 1. The molecule has 0 radical (unpaired) electrons. The van der Waals surface area contributed by atoms with Gasteiger partial charge in [-0.25, -0.2) is 0 Å². The van der Waals surface area contributed by atoms with Gasteiger partial charge in [0.25, 0.3) is 0 Å². The van der Waals surface area contributed by atoms with E-state index in [0.717, 1.165) is 34.4 Å². The minimum atomic E-state index is 0.859. The summed E-state index contributed by atoms with van der Waals surface area (Å²) in [7, 11) is 0. The van der Waals surface area contributed by atoms with Gasteiger partial charge in [-0.2, -0.15) is 0 Å². The summed E-state index contributed by atoms with van der Waals surface area (Å²) in [5.41, 5.74) is 6.51.